The minimum atomic E-state index is 0.384. The van der Waals surface area contributed by atoms with E-state index in [1.807, 2.05) is 12.1 Å². The monoisotopic (exact) mass is 199 g/mol. The van der Waals surface area contributed by atoms with E-state index in [1.165, 1.54) is 0 Å². The smallest absolute Gasteiger partial charge is 0.143 e. The molecule has 0 aliphatic rings. The van der Waals surface area contributed by atoms with Gasteiger partial charge in [-0.1, -0.05) is 11.6 Å². The van der Waals surface area contributed by atoms with Gasteiger partial charge in [-0.3, -0.25) is 0 Å². The van der Waals surface area contributed by atoms with E-state index in [4.69, 9.17) is 16.3 Å². The summed E-state index contributed by atoms with van der Waals surface area (Å²) in [5.74, 6) is 0.779. The van der Waals surface area contributed by atoms with Crippen LogP contribution >= 0.6 is 11.6 Å². The molecular formula is C10H14ClNO. The van der Waals surface area contributed by atoms with Gasteiger partial charge in [-0.05, 0) is 26.0 Å². The molecule has 72 valence electrons. The summed E-state index contributed by atoms with van der Waals surface area (Å²) >= 11 is 5.82. The highest BCUT2D eigenvalue weighted by molar-refractivity contribution is 6.30. The number of ether oxygens (including phenoxy) is 1. The molecule has 0 radical (unpaired) electrons. The highest BCUT2D eigenvalue weighted by Gasteiger charge is 2.03. The van der Waals surface area contributed by atoms with Crippen molar-refractivity contribution in [3.8, 4) is 5.75 Å². The molecule has 13 heavy (non-hydrogen) atoms. The molecular weight excluding hydrogens is 186 g/mol. The first-order valence-electron chi connectivity index (χ1n) is 4.23. The van der Waals surface area contributed by atoms with Crippen LogP contribution in [0.2, 0.25) is 5.02 Å². The second-order valence-electron chi connectivity index (χ2n) is 3.14. The number of nitrogens with one attached hydrogen (secondary N) is 1. The fraction of sp³-hybridized carbons (Fsp3) is 0.400. The molecule has 0 aromatic heterocycles. The van der Waals surface area contributed by atoms with Gasteiger partial charge in [-0.2, -0.15) is 0 Å². The summed E-state index contributed by atoms with van der Waals surface area (Å²) in [6.07, 6.45) is 0. The molecule has 0 aliphatic carbocycles. The zero-order chi connectivity index (χ0) is 9.84. The molecule has 0 saturated heterocycles. The zero-order valence-corrected chi connectivity index (χ0v) is 8.85. The Morgan fingerprint density at radius 1 is 1.38 bits per heavy atom. The Kier molecular flexibility index (Phi) is 3.43. The molecule has 1 rings (SSSR count). The van der Waals surface area contributed by atoms with E-state index in [0.29, 0.717) is 11.1 Å². The first-order chi connectivity index (χ1) is 6.13. The maximum atomic E-state index is 5.82. The van der Waals surface area contributed by atoms with Gasteiger partial charge in [-0.25, -0.2) is 0 Å². The lowest BCUT2D eigenvalue weighted by Crippen LogP contribution is -2.10. The molecule has 0 saturated carbocycles. The van der Waals surface area contributed by atoms with Crippen LogP contribution in [0.4, 0.5) is 5.69 Å². The summed E-state index contributed by atoms with van der Waals surface area (Å²) in [4.78, 5) is 0. The fourth-order valence-corrected chi connectivity index (χ4v) is 1.26. The fourth-order valence-electron chi connectivity index (χ4n) is 1.10. The minimum Gasteiger partial charge on any atom is -0.495 e. The van der Waals surface area contributed by atoms with Crippen molar-refractivity contribution >= 4 is 17.3 Å². The van der Waals surface area contributed by atoms with Gasteiger partial charge in [0.25, 0.3) is 0 Å². The number of hydrogen-bond acceptors (Lipinski definition) is 2. The van der Waals surface area contributed by atoms with E-state index in [0.717, 1.165) is 11.4 Å². The van der Waals surface area contributed by atoms with Crippen LogP contribution in [0.25, 0.3) is 0 Å². The van der Waals surface area contributed by atoms with Gasteiger partial charge in [0.1, 0.15) is 5.75 Å². The Morgan fingerprint density at radius 3 is 2.62 bits per heavy atom. The quantitative estimate of drug-likeness (QED) is 0.808. The summed E-state index contributed by atoms with van der Waals surface area (Å²) in [5.41, 5.74) is 0.974. The standard InChI is InChI=1S/C10H14ClNO/c1-7(2)12-9-5-4-8(11)6-10(9)13-3/h4-7,12H,1-3H3. The normalized spacial score (nSPS) is 10.2. The largest absolute Gasteiger partial charge is 0.495 e. The van der Waals surface area contributed by atoms with E-state index in [2.05, 4.69) is 19.2 Å². The van der Waals surface area contributed by atoms with Crippen LogP contribution in [0.3, 0.4) is 0 Å². The summed E-state index contributed by atoms with van der Waals surface area (Å²) in [5, 5.41) is 3.95. The summed E-state index contributed by atoms with van der Waals surface area (Å²) in [6.45, 7) is 4.15. The van der Waals surface area contributed by atoms with Gasteiger partial charge in [0.15, 0.2) is 0 Å². The maximum absolute atomic E-state index is 5.82. The lowest BCUT2D eigenvalue weighted by atomic mass is 10.2. The second-order valence-corrected chi connectivity index (χ2v) is 3.58. The molecule has 0 unspecified atom stereocenters. The molecule has 0 heterocycles. The number of benzene rings is 1. The summed E-state index contributed by atoms with van der Waals surface area (Å²) in [6, 6.07) is 5.94. The SMILES string of the molecule is COc1cc(Cl)ccc1NC(C)C. The van der Waals surface area contributed by atoms with E-state index < -0.39 is 0 Å². The first kappa shape index (κ1) is 10.2. The number of halogens is 1. The molecule has 2 nitrogen and oxygen atoms in total. The third-order valence-electron chi connectivity index (χ3n) is 1.61. The molecule has 3 heteroatoms. The second kappa shape index (κ2) is 4.38. The third kappa shape index (κ3) is 2.81. The summed E-state index contributed by atoms with van der Waals surface area (Å²) < 4.78 is 5.18. The first-order valence-corrected chi connectivity index (χ1v) is 4.61. The molecule has 1 N–H and O–H groups in total. The summed E-state index contributed by atoms with van der Waals surface area (Å²) in [7, 11) is 1.64. The van der Waals surface area contributed by atoms with E-state index >= 15 is 0 Å². The van der Waals surface area contributed by atoms with Crippen LogP contribution in [0.5, 0.6) is 5.75 Å². The predicted molar refractivity (Wildman–Crippen MR) is 56.8 cm³/mol. The van der Waals surface area contributed by atoms with Crippen LogP contribution < -0.4 is 10.1 Å². The van der Waals surface area contributed by atoms with Crippen molar-refractivity contribution in [1.29, 1.82) is 0 Å². The van der Waals surface area contributed by atoms with Crippen molar-refractivity contribution in [3.05, 3.63) is 23.2 Å². The van der Waals surface area contributed by atoms with Crippen LogP contribution in [0.1, 0.15) is 13.8 Å². The van der Waals surface area contributed by atoms with Gasteiger partial charge >= 0.3 is 0 Å². The Bertz CT molecular complexity index is 286. The van der Waals surface area contributed by atoms with Crippen molar-refractivity contribution in [3.63, 3.8) is 0 Å². The van der Waals surface area contributed by atoms with Crippen LogP contribution in [0, 0.1) is 0 Å². The lowest BCUT2D eigenvalue weighted by molar-refractivity contribution is 0.416. The molecule has 0 fully saturated rings. The molecule has 0 aliphatic heterocycles. The van der Waals surface area contributed by atoms with Crippen LogP contribution in [-0.2, 0) is 0 Å². The zero-order valence-electron chi connectivity index (χ0n) is 8.10. The highest BCUT2D eigenvalue weighted by atomic mass is 35.5. The lowest BCUT2D eigenvalue weighted by Gasteiger charge is -2.13. The third-order valence-corrected chi connectivity index (χ3v) is 1.84. The van der Waals surface area contributed by atoms with E-state index in [1.54, 1.807) is 13.2 Å². The van der Waals surface area contributed by atoms with Gasteiger partial charge in [0.05, 0.1) is 12.8 Å². The Balaban J connectivity index is 2.92. The number of rotatable bonds is 3. The molecule has 1 aromatic carbocycles. The Hall–Kier alpha value is -0.890. The van der Waals surface area contributed by atoms with E-state index in [-0.39, 0.29) is 0 Å². The Labute approximate surface area is 83.9 Å². The molecule has 1 aromatic rings. The number of methoxy groups -OCH3 is 1. The minimum absolute atomic E-state index is 0.384. The highest BCUT2D eigenvalue weighted by Crippen LogP contribution is 2.28. The molecule has 0 bridgehead atoms. The van der Waals surface area contributed by atoms with Gasteiger partial charge in [0, 0.05) is 17.1 Å². The molecule has 0 spiro atoms. The van der Waals surface area contributed by atoms with Gasteiger partial charge in [-0.15, -0.1) is 0 Å². The topological polar surface area (TPSA) is 21.3 Å². The van der Waals surface area contributed by atoms with Crippen LogP contribution in [-0.4, -0.2) is 13.2 Å². The average Bonchev–Trinajstić information content (AvgIpc) is 2.07. The molecule has 0 atom stereocenters. The van der Waals surface area contributed by atoms with Gasteiger partial charge in [0.2, 0.25) is 0 Å². The van der Waals surface area contributed by atoms with Crippen molar-refractivity contribution < 1.29 is 4.74 Å². The van der Waals surface area contributed by atoms with E-state index in [9.17, 15) is 0 Å². The van der Waals surface area contributed by atoms with Gasteiger partial charge < -0.3 is 10.1 Å². The van der Waals surface area contributed by atoms with Crippen molar-refractivity contribution in [1.82, 2.24) is 0 Å². The maximum Gasteiger partial charge on any atom is 0.143 e. The molecule has 0 amide bonds. The van der Waals surface area contributed by atoms with Crippen LogP contribution in [0.15, 0.2) is 18.2 Å². The van der Waals surface area contributed by atoms with Crippen molar-refractivity contribution in [2.75, 3.05) is 12.4 Å². The number of anilines is 1. The average molecular weight is 200 g/mol. The predicted octanol–water partition coefficient (Wildman–Crippen LogP) is 3.17. The Morgan fingerprint density at radius 2 is 2.08 bits per heavy atom. The number of hydrogen-bond donors (Lipinski definition) is 1. The van der Waals surface area contributed by atoms with Crippen molar-refractivity contribution in [2.24, 2.45) is 0 Å². The van der Waals surface area contributed by atoms with Crippen molar-refractivity contribution in [2.45, 2.75) is 19.9 Å².